The molecule has 8 nitrogen and oxygen atoms in total. The van der Waals surface area contributed by atoms with Gasteiger partial charge in [0.25, 0.3) is 17.3 Å². The van der Waals surface area contributed by atoms with E-state index >= 15 is 0 Å². The lowest BCUT2D eigenvalue weighted by atomic mass is 10.1. The highest BCUT2D eigenvalue weighted by Crippen LogP contribution is 2.23. The molecule has 1 atom stereocenters. The predicted molar refractivity (Wildman–Crippen MR) is 119 cm³/mol. The molecule has 0 saturated heterocycles. The van der Waals surface area contributed by atoms with Crippen molar-refractivity contribution in [3.63, 3.8) is 0 Å². The van der Waals surface area contributed by atoms with Gasteiger partial charge >= 0.3 is 0 Å². The van der Waals surface area contributed by atoms with Crippen LogP contribution in [0.25, 0.3) is 21.8 Å². The maximum absolute atomic E-state index is 13.2. The molecule has 2 heterocycles. The highest BCUT2D eigenvalue weighted by Gasteiger charge is 2.20. The standard InChI is InChI=1S/C22H19ClN4O4/c1-11(12-4-6-13(7-5-12)21(30)26(2)3)27-22(31)17-18(20(29)25-27)24-16-10-14(23)8-9-15(16)19(17)28/h4-11H,1-3H3,(H,24,28)(H,25,29). The topological polar surface area (TPSA) is 108 Å². The largest absolute Gasteiger partial charge is 0.491 e. The normalized spacial score (nSPS) is 12.3. The lowest BCUT2D eigenvalue weighted by molar-refractivity contribution is 0.0827. The van der Waals surface area contributed by atoms with Crippen LogP contribution in [0.4, 0.5) is 0 Å². The Kier molecular flexibility index (Phi) is 5.02. The number of fused-ring (bicyclic) bond motifs is 2. The minimum atomic E-state index is -0.633. The highest BCUT2D eigenvalue weighted by molar-refractivity contribution is 6.31. The maximum atomic E-state index is 13.2. The van der Waals surface area contributed by atoms with Crippen LogP contribution >= 0.6 is 11.6 Å². The van der Waals surface area contributed by atoms with Crippen LogP contribution in [0, 0.1) is 0 Å². The molecule has 1 unspecified atom stereocenters. The van der Waals surface area contributed by atoms with E-state index in [1.54, 1.807) is 57.4 Å². The van der Waals surface area contributed by atoms with E-state index in [2.05, 4.69) is 10.1 Å². The zero-order valence-electron chi connectivity index (χ0n) is 17.0. The molecule has 0 aliphatic heterocycles. The number of aromatic nitrogens is 3. The van der Waals surface area contributed by atoms with Gasteiger partial charge in [-0.2, -0.15) is 0 Å². The van der Waals surface area contributed by atoms with Crippen LogP contribution in [-0.4, -0.2) is 44.8 Å². The van der Waals surface area contributed by atoms with Crippen molar-refractivity contribution in [3.8, 4) is 5.88 Å². The van der Waals surface area contributed by atoms with Gasteiger partial charge in [0.15, 0.2) is 0 Å². The van der Waals surface area contributed by atoms with E-state index in [0.29, 0.717) is 21.7 Å². The molecule has 1 amide bonds. The molecule has 0 spiro atoms. The molecule has 0 saturated carbocycles. The Morgan fingerprint density at radius 3 is 2.48 bits per heavy atom. The van der Waals surface area contributed by atoms with Crippen molar-refractivity contribution in [2.75, 3.05) is 14.1 Å². The average Bonchev–Trinajstić information content (AvgIpc) is 2.75. The first kappa shape index (κ1) is 20.6. The van der Waals surface area contributed by atoms with Crippen molar-refractivity contribution >= 4 is 39.3 Å². The number of rotatable bonds is 3. The molecule has 4 aromatic rings. The third-order valence-corrected chi connectivity index (χ3v) is 5.46. The number of aromatic amines is 1. The number of hydrogen-bond donors (Lipinski definition) is 2. The Labute approximate surface area is 181 Å². The summed E-state index contributed by atoms with van der Waals surface area (Å²) in [4.78, 5) is 42.6. The van der Waals surface area contributed by atoms with Crippen LogP contribution in [0.3, 0.4) is 0 Å². The Morgan fingerprint density at radius 1 is 1.16 bits per heavy atom. The van der Waals surface area contributed by atoms with E-state index in [9.17, 15) is 19.5 Å². The predicted octanol–water partition coefficient (Wildman–Crippen LogP) is 2.91. The summed E-state index contributed by atoms with van der Waals surface area (Å²) in [5.74, 6) is -0.615. The summed E-state index contributed by atoms with van der Waals surface area (Å²) in [5.41, 5.74) is 0.397. The van der Waals surface area contributed by atoms with E-state index in [1.807, 2.05) is 0 Å². The second-order valence-corrected chi connectivity index (χ2v) is 7.90. The molecule has 4 rings (SSSR count). The minimum Gasteiger partial charge on any atom is -0.491 e. The fraction of sp³-hybridized carbons (Fsp3) is 0.182. The zero-order valence-corrected chi connectivity index (χ0v) is 17.8. The SMILES string of the molecule is CC(c1ccc(C(=O)N(C)C)cc1)n1nc(O)c2[nH]c3cc(Cl)ccc3c(=O)c2c1=O. The fourth-order valence-corrected chi connectivity index (χ4v) is 3.69. The second-order valence-electron chi connectivity index (χ2n) is 7.46. The molecule has 2 aromatic heterocycles. The van der Waals surface area contributed by atoms with Crippen molar-refractivity contribution in [3.05, 3.63) is 79.2 Å². The van der Waals surface area contributed by atoms with Crippen LogP contribution < -0.4 is 11.0 Å². The number of nitrogens with one attached hydrogen (secondary N) is 1. The lowest BCUT2D eigenvalue weighted by Gasteiger charge is -2.16. The molecule has 0 bridgehead atoms. The molecule has 0 radical (unpaired) electrons. The molecule has 0 fully saturated rings. The summed E-state index contributed by atoms with van der Waals surface area (Å²) in [6, 6.07) is 10.8. The van der Waals surface area contributed by atoms with Crippen LogP contribution in [0.2, 0.25) is 5.02 Å². The van der Waals surface area contributed by atoms with Crippen LogP contribution in [0.15, 0.2) is 52.1 Å². The van der Waals surface area contributed by atoms with Gasteiger partial charge in [-0.05, 0) is 42.8 Å². The van der Waals surface area contributed by atoms with Crippen LogP contribution in [0.5, 0.6) is 5.88 Å². The van der Waals surface area contributed by atoms with Gasteiger partial charge < -0.3 is 15.0 Å². The third-order valence-electron chi connectivity index (χ3n) is 5.22. The van der Waals surface area contributed by atoms with Gasteiger partial charge in [-0.3, -0.25) is 14.4 Å². The van der Waals surface area contributed by atoms with Gasteiger partial charge in [0.05, 0.1) is 11.6 Å². The maximum Gasteiger partial charge on any atom is 0.280 e. The van der Waals surface area contributed by atoms with Crippen molar-refractivity contribution in [1.82, 2.24) is 19.7 Å². The van der Waals surface area contributed by atoms with E-state index in [4.69, 9.17) is 11.6 Å². The van der Waals surface area contributed by atoms with Gasteiger partial charge in [-0.25, -0.2) is 4.68 Å². The van der Waals surface area contributed by atoms with Crippen LogP contribution in [0.1, 0.15) is 28.9 Å². The summed E-state index contributed by atoms with van der Waals surface area (Å²) in [6.07, 6.45) is 0. The molecular weight excluding hydrogens is 420 g/mol. The first-order valence-corrected chi connectivity index (χ1v) is 9.85. The summed E-state index contributed by atoms with van der Waals surface area (Å²) in [7, 11) is 3.32. The number of pyridine rings is 1. The number of amides is 1. The number of hydrogen-bond acceptors (Lipinski definition) is 5. The summed E-state index contributed by atoms with van der Waals surface area (Å²) >= 11 is 5.99. The van der Waals surface area contributed by atoms with E-state index in [0.717, 1.165) is 4.68 Å². The number of nitrogens with zero attached hydrogens (tertiary/aromatic N) is 3. The Bertz CT molecular complexity index is 1460. The number of benzene rings is 2. The van der Waals surface area contributed by atoms with E-state index in [-0.39, 0.29) is 22.2 Å². The first-order chi connectivity index (χ1) is 14.7. The van der Waals surface area contributed by atoms with Gasteiger partial charge in [0.2, 0.25) is 5.43 Å². The molecule has 2 N–H and O–H groups in total. The molecular formula is C22H19ClN4O4. The number of aromatic hydroxyl groups is 1. The Hall–Kier alpha value is -3.65. The molecule has 31 heavy (non-hydrogen) atoms. The summed E-state index contributed by atoms with van der Waals surface area (Å²) in [6.45, 7) is 1.72. The van der Waals surface area contributed by atoms with Gasteiger partial charge in [-0.15, -0.1) is 5.10 Å². The van der Waals surface area contributed by atoms with E-state index in [1.165, 1.54) is 11.0 Å². The van der Waals surface area contributed by atoms with Crippen molar-refractivity contribution in [2.24, 2.45) is 0 Å². The number of carbonyl (C=O) groups is 1. The molecule has 0 aliphatic rings. The van der Waals surface area contributed by atoms with Gasteiger partial charge in [-0.1, -0.05) is 23.7 Å². The lowest BCUT2D eigenvalue weighted by Crippen LogP contribution is -2.30. The summed E-state index contributed by atoms with van der Waals surface area (Å²) in [5, 5.41) is 15.0. The highest BCUT2D eigenvalue weighted by atomic mass is 35.5. The summed E-state index contributed by atoms with van der Waals surface area (Å²) < 4.78 is 1.07. The van der Waals surface area contributed by atoms with Crippen molar-refractivity contribution in [2.45, 2.75) is 13.0 Å². The fourth-order valence-electron chi connectivity index (χ4n) is 3.51. The zero-order chi connectivity index (χ0) is 22.4. The Morgan fingerprint density at radius 2 is 1.84 bits per heavy atom. The van der Waals surface area contributed by atoms with Crippen LogP contribution in [-0.2, 0) is 0 Å². The first-order valence-electron chi connectivity index (χ1n) is 9.47. The average molecular weight is 439 g/mol. The molecule has 0 aliphatic carbocycles. The number of carbonyl (C=O) groups excluding carboxylic acids is 1. The molecule has 2 aromatic carbocycles. The smallest absolute Gasteiger partial charge is 0.280 e. The number of H-pyrrole nitrogens is 1. The third kappa shape index (κ3) is 3.44. The molecule has 158 valence electrons. The van der Waals surface area contributed by atoms with E-state index < -0.39 is 22.9 Å². The van der Waals surface area contributed by atoms with Gasteiger partial charge in [0, 0.05) is 30.1 Å². The monoisotopic (exact) mass is 438 g/mol. The Balaban J connectivity index is 1.87. The minimum absolute atomic E-state index is 0.0415. The van der Waals surface area contributed by atoms with Crippen molar-refractivity contribution in [1.29, 1.82) is 0 Å². The quantitative estimate of drug-likeness (QED) is 0.478. The molecule has 9 heteroatoms. The van der Waals surface area contributed by atoms with Gasteiger partial charge in [0.1, 0.15) is 10.9 Å². The second kappa shape index (κ2) is 7.55. The van der Waals surface area contributed by atoms with Crippen molar-refractivity contribution < 1.29 is 9.90 Å². The number of halogens is 1.